The molecule has 2 aromatic heterocycles. The van der Waals surface area contributed by atoms with E-state index >= 15 is 0 Å². The summed E-state index contributed by atoms with van der Waals surface area (Å²) in [6, 6.07) is 21.9. The predicted molar refractivity (Wildman–Crippen MR) is 143 cm³/mol. The first-order chi connectivity index (χ1) is 16.8. The Morgan fingerprint density at radius 2 is 1.83 bits per heavy atom. The lowest BCUT2D eigenvalue weighted by Gasteiger charge is -2.21. The molecule has 180 valence electrons. The highest BCUT2D eigenvalue weighted by Crippen LogP contribution is 2.25. The Morgan fingerprint density at radius 3 is 2.57 bits per heavy atom. The fourth-order valence-corrected chi connectivity index (χ4v) is 4.07. The summed E-state index contributed by atoms with van der Waals surface area (Å²) >= 11 is 0. The molecule has 0 aliphatic heterocycles. The molecular formula is C28H32N6O. The number of nitrogens with zero attached hydrogens (tertiary/aromatic N) is 4. The van der Waals surface area contributed by atoms with Gasteiger partial charge in [0.25, 0.3) is 5.56 Å². The zero-order valence-electron chi connectivity index (χ0n) is 20.6. The van der Waals surface area contributed by atoms with Crippen molar-refractivity contribution in [3.63, 3.8) is 0 Å². The first-order valence-electron chi connectivity index (χ1n) is 11.8. The van der Waals surface area contributed by atoms with Crippen LogP contribution in [-0.2, 0) is 13.5 Å². The highest BCUT2D eigenvalue weighted by atomic mass is 16.1. The van der Waals surface area contributed by atoms with Gasteiger partial charge in [-0.3, -0.25) is 4.79 Å². The summed E-state index contributed by atoms with van der Waals surface area (Å²) in [5.41, 5.74) is 10.7. The Bertz CT molecular complexity index is 1350. The fourth-order valence-electron chi connectivity index (χ4n) is 4.07. The van der Waals surface area contributed by atoms with E-state index in [0.717, 1.165) is 29.1 Å². The number of aromatic nitrogens is 3. The van der Waals surface area contributed by atoms with E-state index in [2.05, 4.69) is 35.4 Å². The number of rotatable bonds is 8. The molecule has 2 atom stereocenters. The van der Waals surface area contributed by atoms with E-state index in [1.165, 1.54) is 5.56 Å². The van der Waals surface area contributed by atoms with Crippen LogP contribution in [0.25, 0.3) is 11.1 Å². The van der Waals surface area contributed by atoms with Crippen molar-refractivity contribution in [3.05, 3.63) is 101 Å². The smallest absolute Gasteiger partial charge is 0.258 e. The number of hydrogen-bond acceptors (Lipinski definition) is 6. The average molecular weight is 469 g/mol. The lowest BCUT2D eigenvalue weighted by atomic mass is 10.0. The normalized spacial score (nSPS) is 12.7. The first kappa shape index (κ1) is 24.2. The minimum Gasteiger partial charge on any atom is -0.351 e. The minimum absolute atomic E-state index is 0.00801. The molecule has 0 spiro atoms. The monoisotopic (exact) mass is 468 g/mol. The van der Waals surface area contributed by atoms with E-state index in [4.69, 9.17) is 10.7 Å². The lowest BCUT2D eigenvalue weighted by molar-refractivity contribution is 0.768. The summed E-state index contributed by atoms with van der Waals surface area (Å²) in [5.74, 6) is 1.28. The molecule has 0 bridgehead atoms. The Morgan fingerprint density at radius 1 is 1.06 bits per heavy atom. The van der Waals surface area contributed by atoms with E-state index < -0.39 is 0 Å². The number of hydrogen-bond donors (Lipinski definition) is 2. The Hall–Kier alpha value is -3.97. The van der Waals surface area contributed by atoms with E-state index in [0.29, 0.717) is 11.5 Å². The molecule has 4 aromatic rings. The number of anilines is 3. The van der Waals surface area contributed by atoms with E-state index in [-0.39, 0.29) is 17.6 Å². The van der Waals surface area contributed by atoms with Crippen LogP contribution < -0.4 is 21.5 Å². The van der Waals surface area contributed by atoms with Crippen molar-refractivity contribution in [2.75, 3.05) is 17.3 Å². The van der Waals surface area contributed by atoms with Gasteiger partial charge in [-0.15, -0.1) is 0 Å². The SMILES string of the molecule is C[C@@H](Cc1cccc([C@@H](C)N)c1)Nc1nccc(N(C)c2cc(-c3ccccc3)c(=O)n(C)c2)n1. The van der Waals surface area contributed by atoms with Crippen LogP contribution in [0.15, 0.2) is 83.9 Å². The standard InChI is InChI=1S/C28H32N6O/c1-19(15-21-9-8-12-23(16-21)20(2)29)31-28-30-14-13-26(32-28)34(4)24-17-25(27(35)33(3)18-24)22-10-6-5-7-11-22/h5-14,16-20H,15,29H2,1-4H3,(H,30,31,32)/t19-,20+/m0/s1. The molecule has 4 rings (SSSR count). The third kappa shape index (κ3) is 5.75. The van der Waals surface area contributed by atoms with Crippen molar-refractivity contribution in [3.8, 4) is 11.1 Å². The molecule has 0 saturated carbocycles. The van der Waals surface area contributed by atoms with Gasteiger partial charge in [0.1, 0.15) is 5.82 Å². The fraction of sp³-hybridized carbons (Fsp3) is 0.250. The van der Waals surface area contributed by atoms with Crippen LogP contribution in [0.1, 0.15) is 31.0 Å². The summed E-state index contributed by atoms with van der Waals surface area (Å²) in [4.78, 5) is 23.9. The molecule has 2 heterocycles. The number of benzene rings is 2. The van der Waals surface area contributed by atoms with Crippen molar-refractivity contribution in [1.82, 2.24) is 14.5 Å². The average Bonchev–Trinajstić information content (AvgIpc) is 2.86. The molecule has 2 aromatic carbocycles. The summed E-state index contributed by atoms with van der Waals surface area (Å²) < 4.78 is 1.60. The van der Waals surface area contributed by atoms with Crippen LogP contribution in [0.4, 0.5) is 17.5 Å². The zero-order valence-corrected chi connectivity index (χ0v) is 20.6. The summed E-state index contributed by atoms with van der Waals surface area (Å²) in [5, 5.41) is 3.41. The van der Waals surface area contributed by atoms with Crippen molar-refractivity contribution >= 4 is 17.5 Å². The van der Waals surface area contributed by atoms with Gasteiger partial charge in [0.05, 0.1) is 5.69 Å². The van der Waals surface area contributed by atoms with Crippen molar-refractivity contribution in [2.45, 2.75) is 32.4 Å². The summed E-state index contributed by atoms with van der Waals surface area (Å²) in [6.45, 7) is 4.10. The molecule has 3 N–H and O–H groups in total. The van der Waals surface area contributed by atoms with E-state index in [1.807, 2.05) is 73.6 Å². The maximum atomic E-state index is 12.8. The summed E-state index contributed by atoms with van der Waals surface area (Å²) in [7, 11) is 3.70. The molecule has 0 aliphatic carbocycles. The number of aryl methyl sites for hydroxylation is 1. The molecule has 0 amide bonds. The summed E-state index contributed by atoms with van der Waals surface area (Å²) in [6.07, 6.45) is 4.38. The quantitative estimate of drug-likeness (QED) is 0.391. The molecule has 0 saturated heterocycles. The largest absolute Gasteiger partial charge is 0.351 e. The van der Waals surface area contributed by atoms with Crippen LogP contribution in [0, 0.1) is 0 Å². The second-order valence-electron chi connectivity index (χ2n) is 8.97. The van der Waals surface area contributed by atoms with Crippen molar-refractivity contribution in [2.24, 2.45) is 12.8 Å². The molecule has 7 nitrogen and oxygen atoms in total. The maximum Gasteiger partial charge on any atom is 0.258 e. The van der Waals surface area contributed by atoms with Gasteiger partial charge in [-0.05, 0) is 49.1 Å². The molecule has 0 radical (unpaired) electrons. The lowest BCUT2D eigenvalue weighted by Crippen LogP contribution is -2.23. The second kappa shape index (κ2) is 10.5. The van der Waals surface area contributed by atoms with Gasteiger partial charge in [-0.1, -0.05) is 54.6 Å². The van der Waals surface area contributed by atoms with Crippen LogP contribution in [0.5, 0.6) is 0 Å². The van der Waals surface area contributed by atoms with Crippen LogP contribution in [0.3, 0.4) is 0 Å². The second-order valence-corrected chi connectivity index (χ2v) is 8.97. The van der Waals surface area contributed by atoms with Gasteiger partial charge in [0, 0.05) is 44.1 Å². The van der Waals surface area contributed by atoms with Gasteiger partial charge < -0.3 is 20.5 Å². The molecule has 0 unspecified atom stereocenters. The first-order valence-corrected chi connectivity index (χ1v) is 11.8. The van der Waals surface area contributed by atoms with Gasteiger partial charge in [-0.2, -0.15) is 4.98 Å². The number of nitrogens with one attached hydrogen (secondary N) is 1. The van der Waals surface area contributed by atoms with Gasteiger partial charge in [-0.25, -0.2) is 4.98 Å². The number of nitrogens with two attached hydrogens (primary N) is 1. The Kier molecular flexibility index (Phi) is 7.27. The van der Waals surface area contributed by atoms with Gasteiger partial charge in [0.15, 0.2) is 0 Å². The van der Waals surface area contributed by atoms with Crippen LogP contribution >= 0.6 is 0 Å². The Labute approximate surface area is 206 Å². The Balaban J connectivity index is 1.53. The number of pyridine rings is 1. The molecule has 0 aliphatic rings. The van der Waals surface area contributed by atoms with E-state index in [1.54, 1.807) is 17.8 Å². The molecule has 7 heteroatoms. The van der Waals surface area contributed by atoms with Gasteiger partial charge >= 0.3 is 0 Å². The predicted octanol–water partition coefficient (Wildman–Crippen LogP) is 4.67. The molecular weight excluding hydrogens is 436 g/mol. The highest BCUT2D eigenvalue weighted by molar-refractivity contribution is 5.70. The maximum absolute atomic E-state index is 12.8. The third-order valence-corrected chi connectivity index (χ3v) is 6.02. The zero-order chi connectivity index (χ0) is 24.9. The topological polar surface area (TPSA) is 89.1 Å². The van der Waals surface area contributed by atoms with Crippen molar-refractivity contribution in [1.29, 1.82) is 0 Å². The van der Waals surface area contributed by atoms with Crippen molar-refractivity contribution < 1.29 is 0 Å². The molecule has 35 heavy (non-hydrogen) atoms. The highest BCUT2D eigenvalue weighted by Gasteiger charge is 2.14. The molecule has 0 fully saturated rings. The van der Waals surface area contributed by atoms with Gasteiger partial charge in [0.2, 0.25) is 5.95 Å². The van der Waals surface area contributed by atoms with Crippen LogP contribution in [-0.4, -0.2) is 27.6 Å². The van der Waals surface area contributed by atoms with E-state index in [9.17, 15) is 4.79 Å². The third-order valence-electron chi connectivity index (χ3n) is 6.02. The minimum atomic E-state index is -0.0414. The van der Waals surface area contributed by atoms with Crippen LogP contribution in [0.2, 0.25) is 0 Å².